The van der Waals surface area contributed by atoms with E-state index in [1.165, 1.54) is 0 Å². The Labute approximate surface area is 73.5 Å². The molecule has 1 rings (SSSR count). The van der Waals surface area contributed by atoms with E-state index in [2.05, 4.69) is 4.40 Å². The molecule has 0 saturated heterocycles. The van der Waals surface area contributed by atoms with E-state index < -0.39 is 18.9 Å². The summed E-state index contributed by atoms with van der Waals surface area (Å²) in [4.78, 5) is 0.545. The van der Waals surface area contributed by atoms with Crippen LogP contribution in [0.2, 0.25) is 0 Å². The smallest absolute Gasteiger partial charge is 0.208 e. The summed E-state index contributed by atoms with van der Waals surface area (Å²) in [6.45, 7) is 3.26. The van der Waals surface area contributed by atoms with Crippen molar-refractivity contribution in [3.8, 4) is 6.07 Å². The molecule has 0 N–H and O–H groups in total. The highest BCUT2D eigenvalue weighted by Gasteiger charge is 2.18. The lowest BCUT2D eigenvalue weighted by molar-refractivity contribution is 0.628. The normalized spacial score (nSPS) is 22.1. The lowest BCUT2D eigenvalue weighted by atomic mass is 10.2. The molecule has 64 valence electrons. The Hall–Kier alpha value is -0.930. The largest absolute Gasteiger partial charge is 0.265 e. The molecule has 0 aromatic rings. The lowest BCUT2D eigenvalue weighted by Gasteiger charge is -1.88. The fourth-order valence-corrected chi connectivity index (χ4v) is 3.36. The van der Waals surface area contributed by atoms with Gasteiger partial charge in [0.2, 0.25) is 0 Å². The minimum Gasteiger partial charge on any atom is -0.208 e. The summed E-state index contributed by atoms with van der Waals surface area (Å²) in [7, 11) is -3.35. The molecule has 0 fully saturated rings. The number of rotatable bonds is 0. The topological polar surface area (TPSA) is 70.3 Å². The Morgan fingerprint density at radius 2 is 2.08 bits per heavy atom. The predicted octanol–water partition coefficient (Wildman–Crippen LogP) is 0.586. The van der Waals surface area contributed by atoms with Gasteiger partial charge in [0.15, 0.2) is 0 Å². The maximum Gasteiger partial charge on any atom is 0.265 e. The minimum absolute atomic E-state index is 0.405. The number of allylic oxidation sites excluding steroid dienone is 2. The third-order valence-electron chi connectivity index (χ3n) is 1.44. The summed E-state index contributed by atoms with van der Waals surface area (Å²) in [5.74, 6) is 0. The van der Waals surface area contributed by atoms with Crippen molar-refractivity contribution in [3.63, 3.8) is 0 Å². The number of hydrogen-bond acceptors (Lipinski definition) is 3. The maximum absolute atomic E-state index is 10.6. The van der Waals surface area contributed by atoms with E-state index in [-0.39, 0.29) is 0 Å². The molecule has 12 heavy (non-hydrogen) atoms. The van der Waals surface area contributed by atoms with Gasteiger partial charge in [0.1, 0.15) is 6.07 Å². The van der Waals surface area contributed by atoms with E-state index in [0.29, 0.717) is 16.2 Å². The molecule has 0 spiro atoms. The summed E-state index contributed by atoms with van der Waals surface area (Å²) in [5, 5.41) is 8.62. The fourth-order valence-electron chi connectivity index (χ4n) is 0.873. The monoisotopic (exact) mass is 202 g/mol. The minimum atomic E-state index is -2.23. The zero-order chi connectivity index (χ0) is 9.30. The predicted molar refractivity (Wildman–Crippen MR) is 47.7 cm³/mol. The molecule has 1 heterocycles. The van der Waals surface area contributed by atoms with Gasteiger partial charge in [-0.05, 0) is 13.8 Å². The summed E-state index contributed by atoms with van der Waals surface area (Å²) < 4.78 is 25.0. The van der Waals surface area contributed by atoms with E-state index in [1.807, 2.05) is 6.07 Å². The van der Waals surface area contributed by atoms with Crippen molar-refractivity contribution in [3.05, 3.63) is 10.5 Å². The standard InChI is InChI=1S/C6H6N2O2S2/c1-4-6(3-7)5(2)11(8-4)12(9)10/h1-2H3. The van der Waals surface area contributed by atoms with Crippen LogP contribution in [0.3, 0.4) is 0 Å². The average Bonchev–Trinajstić information content (AvgIpc) is 2.27. The van der Waals surface area contributed by atoms with Crippen LogP contribution in [-0.4, -0.2) is 14.1 Å². The zero-order valence-corrected chi connectivity index (χ0v) is 8.16. The van der Waals surface area contributed by atoms with Gasteiger partial charge in [0.05, 0.1) is 20.9 Å². The van der Waals surface area contributed by atoms with E-state index in [4.69, 9.17) is 5.26 Å². The van der Waals surface area contributed by atoms with Gasteiger partial charge in [-0.15, -0.1) is 0 Å². The first-order valence-electron chi connectivity index (χ1n) is 3.08. The van der Waals surface area contributed by atoms with E-state index in [0.717, 1.165) is 0 Å². The summed E-state index contributed by atoms with van der Waals surface area (Å²) in [5.41, 5.74) is 0.921. The first kappa shape index (κ1) is 9.16. The molecule has 1 unspecified atom stereocenters. The molecule has 0 aliphatic carbocycles. The van der Waals surface area contributed by atoms with Crippen molar-refractivity contribution >= 4 is 24.6 Å². The molecule has 1 atom stereocenters. The van der Waals surface area contributed by atoms with Crippen LogP contribution in [0.15, 0.2) is 14.9 Å². The van der Waals surface area contributed by atoms with Gasteiger partial charge in [0.25, 0.3) is 9.26 Å². The van der Waals surface area contributed by atoms with Gasteiger partial charge in [-0.1, -0.05) is 0 Å². The molecule has 0 aromatic carbocycles. The zero-order valence-electron chi connectivity index (χ0n) is 6.53. The molecule has 4 nitrogen and oxygen atoms in total. The van der Waals surface area contributed by atoms with Crippen molar-refractivity contribution in [2.75, 3.05) is 0 Å². The van der Waals surface area contributed by atoms with Crippen molar-refractivity contribution in [2.45, 2.75) is 13.8 Å². The van der Waals surface area contributed by atoms with Crippen LogP contribution in [0.4, 0.5) is 0 Å². The average molecular weight is 202 g/mol. The Bertz CT molecular complexity index is 454. The van der Waals surface area contributed by atoms with E-state index in [9.17, 15) is 8.42 Å². The van der Waals surface area contributed by atoms with Crippen LogP contribution in [0, 0.1) is 11.3 Å². The SMILES string of the molecule is CC1=NS(=S(=O)=O)C(C)=C1C#N. The number of hydrogen-bond donors (Lipinski definition) is 0. The van der Waals surface area contributed by atoms with Gasteiger partial charge in [0, 0.05) is 4.91 Å². The van der Waals surface area contributed by atoms with Crippen LogP contribution in [0.5, 0.6) is 0 Å². The van der Waals surface area contributed by atoms with E-state index in [1.54, 1.807) is 13.8 Å². The second kappa shape index (κ2) is 3.21. The summed E-state index contributed by atoms with van der Waals surface area (Å²) in [6, 6.07) is 1.93. The quantitative estimate of drug-likeness (QED) is 0.577. The molecule has 0 radical (unpaired) electrons. The van der Waals surface area contributed by atoms with Crippen LogP contribution in [0.25, 0.3) is 0 Å². The summed E-state index contributed by atoms with van der Waals surface area (Å²) >= 11 is 0. The van der Waals surface area contributed by atoms with Crippen LogP contribution < -0.4 is 0 Å². The van der Waals surface area contributed by atoms with Gasteiger partial charge in [-0.2, -0.15) is 13.7 Å². The molecule has 1 aliphatic heterocycles. The fraction of sp³-hybridized carbons (Fsp3) is 0.333. The molecule has 0 aromatic heterocycles. The highest BCUT2D eigenvalue weighted by atomic mass is 32.9. The first-order valence-corrected chi connectivity index (χ1v) is 5.86. The highest BCUT2D eigenvalue weighted by molar-refractivity contribution is 8.35. The van der Waals surface area contributed by atoms with Gasteiger partial charge < -0.3 is 0 Å². The molecular formula is C6H6N2O2S2. The number of nitrogens with zero attached hydrogens (tertiary/aromatic N) is 2. The van der Waals surface area contributed by atoms with Crippen molar-refractivity contribution in [1.29, 1.82) is 5.26 Å². The Balaban J connectivity index is 3.53. The molecule has 6 heteroatoms. The van der Waals surface area contributed by atoms with Gasteiger partial charge >= 0.3 is 0 Å². The number of nitriles is 1. The molecule has 1 aliphatic rings. The molecule has 0 bridgehead atoms. The Kier molecular flexibility index (Phi) is 2.45. The van der Waals surface area contributed by atoms with Crippen molar-refractivity contribution in [1.82, 2.24) is 0 Å². The third-order valence-corrected chi connectivity index (χ3v) is 4.61. The highest BCUT2D eigenvalue weighted by Crippen LogP contribution is 2.19. The second-order valence-electron chi connectivity index (χ2n) is 2.17. The second-order valence-corrected chi connectivity index (χ2v) is 5.64. The molecular weight excluding hydrogens is 196 g/mol. The Morgan fingerprint density at radius 1 is 1.50 bits per heavy atom. The molecule has 0 saturated carbocycles. The van der Waals surface area contributed by atoms with Crippen LogP contribution >= 0.6 is 0 Å². The van der Waals surface area contributed by atoms with Gasteiger partial charge in [-0.25, -0.2) is 4.40 Å². The molecule has 0 amide bonds. The van der Waals surface area contributed by atoms with Crippen LogP contribution in [0.1, 0.15) is 13.8 Å². The lowest BCUT2D eigenvalue weighted by Crippen LogP contribution is -1.89. The van der Waals surface area contributed by atoms with Crippen molar-refractivity contribution < 1.29 is 8.42 Å². The Morgan fingerprint density at radius 3 is 2.33 bits per heavy atom. The summed E-state index contributed by atoms with van der Waals surface area (Å²) in [6.07, 6.45) is 0. The van der Waals surface area contributed by atoms with E-state index >= 15 is 0 Å². The van der Waals surface area contributed by atoms with Crippen molar-refractivity contribution in [2.24, 2.45) is 4.40 Å². The third kappa shape index (κ3) is 1.33. The first-order chi connectivity index (χ1) is 5.57. The van der Waals surface area contributed by atoms with Crippen LogP contribution in [-0.2, 0) is 18.9 Å². The maximum atomic E-state index is 10.6. The van der Waals surface area contributed by atoms with Gasteiger partial charge in [-0.3, -0.25) is 0 Å².